The lowest BCUT2D eigenvalue weighted by molar-refractivity contribution is -0.677. The molecule has 0 unspecified atom stereocenters. The molecule has 4 nitrogen and oxygen atoms in total. The number of unbranched alkanes of at least 4 members (excludes halogenated alkanes) is 1. The predicted octanol–water partition coefficient (Wildman–Crippen LogP) is 0.524. The average molecular weight is 171 g/mol. The molecule has 12 heavy (non-hydrogen) atoms. The van der Waals surface area contributed by atoms with Gasteiger partial charge in [0.25, 0.3) is 0 Å². The number of hydrogen-bond donors (Lipinski definition) is 2. The van der Waals surface area contributed by atoms with Gasteiger partial charge in [-0.25, -0.2) is 0 Å². The van der Waals surface area contributed by atoms with Crippen molar-refractivity contribution in [1.82, 2.24) is 4.57 Å². The van der Waals surface area contributed by atoms with Crippen molar-refractivity contribution >= 4 is 0 Å². The van der Waals surface area contributed by atoms with Crippen LogP contribution < -0.4 is 4.57 Å². The second-order valence-corrected chi connectivity index (χ2v) is 2.92. The molecule has 0 aromatic carbocycles. The highest BCUT2D eigenvalue weighted by molar-refractivity contribution is 5.17. The van der Waals surface area contributed by atoms with Crippen LogP contribution in [0, 0.1) is 0 Å². The molecule has 0 radical (unpaired) electrons. The number of aromatic nitrogens is 2. The van der Waals surface area contributed by atoms with E-state index in [9.17, 15) is 10.2 Å². The van der Waals surface area contributed by atoms with Gasteiger partial charge in [0.1, 0.15) is 0 Å². The first-order valence-corrected chi connectivity index (χ1v) is 4.13. The molecule has 4 heteroatoms. The van der Waals surface area contributed by atoms with Crippen LogP contribution in [0.2, 0.25) is 0 Å². The summed E-state index contributed by atoms with van der Waals surface area (Å²) >= 11 is 0. The standard InChI is InChI=1S/C8H14N2O2/c1-3-4-5-10-6-9(2)7(11)8(10)12/h6H,3-5H2,1-2H3,(H-,11,12)/p+1. The molecule has 1 heterocycles. The van der Waals surface area contributed by atoms with Crippen LogP contribution in [0.4, 0.5) is 0 Å². The lowest BCUT2D eigenvalue weighted by atomic mass is 10.3. The first-order valence-electron chi connectivity index (χ1n) is 4.13. The van der Waals surface area contributed by atoms with Gasteiger partial charge >= 0.3 is 11.8 Å². The van der Waals surface area contributed by atoms with E-state index in [-0.39, 0.29) is 11.8 Å². The third-order valence-electron chi connectivity index (χ3n) is 1.87. The molecule has 0 atom stereocenters. The summed E-state index contributed by atoms with van der Waals surface area (Å²) in [5, 5.41) is 18.6. The Morgan fingerprint density at radius 3 is 2.58 bits per heavy atom. The first-order chi connectivity index (χ1) is 5.66. The molecule has 0 amide bonds. The minimum absolute atomic E-state index is 0.0500. The van der Waals surface area contributed by atoms with Gasteiger partial charge in [-0.05, 0) is 6.42 Å². The van der Waals surface area contributed by atoms with Gasteiger partial charge in [0.05, 0.1) is 13.6 Å². The normalized spacial score (nSPS) is 10.5. The van der Waals surface area contributed by atoms with Gasteiger partial charge in [-0.3, -0.25) is 0 Å². The second-order valence-electron chi connectivity index (χ2n) is 2.92. The van der Waals surface area contributed by atoms with Crippen LogP contribution in [-0.2, 0) is 13.6 Å². The largest absolute Gasteiger partial charge is 0.472 e. The Morgan fingerprint density at radius 1 is 1.50 bits per heavy atom. The number of aryl methyl sites for hydroxylation is 2. The summed E-state index contributed by atoms with van der Waals surface area (Å²) in [7, 11) is 1.69. The Balaban J connectivity index is 2.79. The molecule has 2 N–H and O–H groups in total. The fourth-order valence-corrected chi connectivity index (χ4v) is 1.10. The minimum atomic E-state index is -0.0777. The molecule has 0 aliphatic rings. The molecular weight excluding hydrogens is 156 g/mol. The minimum Gasteiger partial charge on any atom is -0.472 e. The van der Waals surface area contributed by atoms with Crippen LogP contribution >= 0.6 is 0 Å². The Labute approximate surface area is 71.7 Å². The molecule has 0 spiro atoms. The maximum atomic E-state index is 9.34. The zero-order valence-corrected chi connectivity index (χ0v) is 7.49. The van der Waals surface area contributed by atoms with E-state index in [4.69, 9.17) is 0 Å². The van der Waals surface area contributed by atoms with Crippen LogP contribution in [0.25, 0.3) is 0 Å². The van der Waals surface area contributed by atoms with Gasteiger partial charge in [-0.15, -0.1) is 0 Å². The predicted molar refractivity (Wildman–Crippen MR) is 43.8 cm³/mol. The molecule has 1 aromatic rings. The van der Waals surface area contributed by atoms with Gasteiger partial charge in [0.15, 0.2) is 0 Å². The highest BCUT2D eigenvalue weighted by Gasteiger charge is 2.18. The number of hydrogen-bond acceptors (Lipinski definition) is 2. The van der Waals surface area contributed by atoms with Gasteiger partial charge in [0.2, 0.25) is 6.33 Å². The van der Waals surface area contributed by atoms with Crippen molar-refractivity contribution in [3.05, 3.63) is 6.33 Å². The van der Waals surface area contributed by atoms with Crippen LogP contribution in [-0.4, -0.2) is 14.8 Å². The molecule has 1 rings (SSSR count). The van der Waals surface area contributed by atoms with E-state index >= 15 is 0 Å². The molecule has 0 saturated heterocycles. The van der Waals surface area contributed by atoms with E-state index < -0.39 is 0 Å². The average Bonchev–Trinajstić information content (AvgIpc) is 2.30. The molecule has 0 aliphatic carbocycles. The van der Waals surface area contributed by atoms with E-state index in [0.29, 0.717) is 0 Å². The molecule has 0 bridgehead atoms. The highest BCUT2D eigenvalue weighted by atomic mass is 16.3. The Kier molecular flexibility index (Phi) is 2.58. The molecule has 68 valence electrons. The zero-order valence-electron chi connectivity index (χ0n) is 7.49. The quantitative estimate of drug-likeness (QED) is 0.651. The lowest BCUT2D eigenvalue weighted by Crippen LogP contribution is -2.24. The first kappa shape index (κ1) is 8.90. The van der Waals surface area contributed by atoms with E-state index in [0.717, 1.165) is 19.4 Å². The Morgan fingerprint density at radius 2 is 2.17 bits per heavy atom. The topological polar surface area (TPSA) is 49.3 Å². The number of imidazole rings is 1. The van der Waals surface area contributed by atoms with E-state index in [1.807, 2.05) is 0 Å². The van der Waals surface area contributed by atoms with E-state index in [1.165, 1.54) is 4.57 Å². The summed E-state index contributed by atoms with van der Waals surface area (Å²) in [5.74, 6) is -0.128. The lowest BCUT2D eigenvalue weighted by Gasteiger charge is -1.92. The summed E-state index contributed by atoms with van der Waals surface area (Å²) in [6, 6.07) is 0. The van der Waals surface area contributed by atoms with Crippen LogP contribution in [0.3, 0.4) is 0 Å². The zero-order chi connectivity index (χ0) is 9.14. The third-order valence-corrected chi connectivity index (χ3v) is 1.87. The maximum absolute atomic E-state index is 9.34. The Bertz CT molecular complexity index is 268. The van der Waals surface area contributed by atoms with Crippen LogP contribution in [0.15, 0.2) is 6.33 Å². The van der Waals surface area contributed by atoms with Crippen molar-refractivity contribution in [2.75, 3.05) is 0 Å². The highest BCUT2D eigenvalue weighted by Crippen LogP contribution is 2.19. The van der Waals surface area contributed by atoms with Gasteiger partial charge in [0, 0.05) is 0 Å². The van der Waals surface area contributed by atoms with Crippen molar-refractivity contribution < 1.29 is 14.8 Å². The van der Waals surface area contributed by atoms with Crippen LogP contribution in [0.1, 0.15) is 19.8 Å². The van der Waals surface area contributed by atoms with Gasteiger partial charge in [-0.2, -0.15) is 9.13 Å². The molecule has 1 aromatic heterocycles. The number of aromatic hydroxyl groups is 2. The maximum Gasteiger partial charge on any atom is 0.369 e. The van der Waals surface area contributed by atoms with Crippen molar-refractivity contribution in [2.45, 2.75) is 26.3 Å². The van der Waals surface area contributed by atoms with E-state index in [2.05, 4.69) is 6.92 Å². The summed E-state index contributed by atoms with van der Waals surface area (Å²) in [5.41, 5.74) is 0. The van der Waals surface area contributed by atoms with Gasteiger partial charge < -0.3 is 10.2 Å². The number of nitrogens with zero attached hydrogens (tertiary/aromatic N) is 2. The SMILES string of the molecule is CCCCn1c[n+](C)c(O)c1O. The summed E-state index contributed by atoms with van der Waals surface area (Å²) in [4.78, 5) is 0. The molecule has 0 fully saturated rings. The summed E-state index contributed by atoms with van der Waals surface area (Å²) in [6.45, 7) is 2.83. The summed E-state index contributed by atoms with van der Waals surface area (Å²) < 4.78 is 3.13. The monoisotopic (exact) mass is 171 g/mol. The molecular formula is C8H15N2O2+. The van der Waals surface area contributed by atoms with Crippen molar-refractivity contribution in [2.24, 2.45) is 7.05 Å². The van der Waals surface area contributed by atoms with Gasteiger partial charge in [-0.1, -0.05) is 13.3 Å². The summed E-state index contributed by atoms with van der Waals surface area (Å²) in [6.07, 6.45) is 3.75. The smallest absolute Gasteiger partial charge is 0.369 e. The molecule has 0 aliphatic heterocycles. The number of rotatable bonds is 3. The van der Waals surface area contributed by atoms with Crippen molar-refractivity contribution in [3.63, 3.8) is 0 Å². The van der Waals surface area contributed by atoms with Crippen molar-refractivity contribution in [1.29, 1.82) is 0 Å². The fraction of sp³-hybridized carbons (Fsp3) is 0.625. The van der Waals surface area contributed by atoms with Crippen molar-refractivity contribution in [3.8, 4) is 11.8 Å². The fourth-order valence-electron chi connectivity index (χ4n) is 1.10. The third kappa shape index (κ3) is 1.52. The Hall–Kier alpha value is -1.19. The second kappa shape index (κ2) is 3.47. The van der Waals surface area contributed by atoms with Crippen LogP contribution in [0.5, 0.6) is 11.8 Å². The van der Waals surface area contributed by atoms with E-state index in [1.54, 1.807) is 17.9 Å². The molecule has 0 saturated carbocycles.